The number of nitrogens with one attached hydrogen (secondary N) is 1. The number of carbonyl (C=O) groups is 2. The molecule has 0 saturated heterocycles. The molecule has 5 rings (SSSR count). The fourth-order valence-corrected chi connectivity index (χ4v) is 4.18. The molecule has 35 heavy (non-hydrogen) atoms. The number of hydrogen-bond donors (Lipinski definition) is 1. The number of hydrogen-bond acceptors (Lipinski definition) is 5. The summed E-state index contributed by atoms with van der Waals surface area (Å²) in [7, 11) is 0. The highest BCUT2D eigenvalue weighted by Crippen LogP contribution is 2.40. The summed E-state index contributed by atoms with van der Waals surface area (Å²) < 4.78 is 1.80. The maximum absolute atomic E-state index is 13.4. The molecule has 176 valence electrons. The van der Waals surface area contributed by atoms with Gasteiger partial charge in [-0.2, -0.15) is 5.10 Å². The second kappa shape index (κ2) is 9.13. The third kappa shape index (κ3) is 4.42. The molecule has 1 N–H and O–H groups in total. The number of anilines is 2. The van der Waals surface area contributed by atoms with Gasteiger partial charge in [0, 0.05) is 35.6 Å². The van der Waals surface area contributed by atoms with E-state index < -0.39 is 0 Å². The Bertz CT molecular complexity index is 1380. The number of benzene rings is 2. The molecule has 0 unspecified atom stereocenters. The van der Waals surface area contributed by atoms with E-state index in [2.05, 4.69) is 20.4 Å². The molecule has 4 aromatic rings. The van der Waals surface area contributed by atoms with Gasteiger partial charge in [-0.05, 0) is 68.3 Å². The van der Waals surface area contributed by atoms with Gasteiger partial charge in [-0.25, -0.2) is 9.97 Å². The molecule has 1 aliphatic rings. The van der Waals surface area contributed by atoms with Crippen LogP contribution in [0.15, 0.2) is 73.2 Å². The van der Waals surface area contributed by atoms with E-state index in [-0.39, 0.29) is 23.8 Å². The molecule has 8 heteroatoms. The molecule has 0 fully saturated rings. The smallest absolute Gasteiger partial charge is 0.258 e. The van der Waals surface area contributed by atoms with Crippen LogP contribution in [-0.2, 0) is 0 Å². The molecule has 2 amide bonds. The van der Waals surface area contributed by atoms with E-state index in [1.54, 1.807) is 46.4 Å². The van der Waals surface area contributed by atoms with Crippen LogP contribution in [0, 0.1) is 6.92 Å². The number of pyridine rings is 1. The minimum Gasteiger partial charge on any atom is -0.307 e. The number of fused-ring (bicyclic) bond motifs is 1. The standard InChI is InChI=1S/C27H26N6O2/c1-17(2)33-16-29-25(31-33)22-15-32(27(35)19-7-5-4-6-8-19)23-11-10-20(13-21(22)23)26(34)30-24-12-9-18(3)14-28-24/h4-14,16-17,22H,15H2,1-3H3,(H,28,30,34)/t22-/m1/s1. The van der Waals surface area contributed by atoms with Crippen LogP contribution in [0.1, 0.15) is 63.5 Å². The monoisotopic (exact) mass is 466 g/mol. The van der Waals surface area contributed by atoms with Crippen LogP contribution in [0.5, 0.6) is 0 Å². The first-order chi connectivity index (χ1) is 16.9. The molecule has 1 aliphatic heterocycles. The predicted molar refractivity (Wildman–Crippen MR) is 134 cm³/mol. The van der Waals surface area contributed by atoms with Gasteiger partial charge in [-0.3, -0.25) is 14.3 Å². The Morgan fingerprint density at radius 3 is 2.49 bits per heavy atom. The predicted octanol–water partition coefficient (Wildman–Crippen LogP) is 4.61. The van der Waals surface area contributed by atoms with Crippen LogP contribution < -0.4 is 10.2 Å². The van der Waals surface area contributed by atoms with E-state index in [9.17, 15) is 9.59 Å². The topological polar surface area (TPSA) is 93.0 Å². The van der Waals surface area contributed by atoms with E-state index in [4.69, 9.17) is 0 Å². The van der Waals surface area contributed by atoms with Crippen molar-refractivity contribution in [3.05, 3.63) is 101 Å². The van der Waals surface area contributed by atoms with Gasteiger partial charge in [-0.15, -0.1) is 0 Å². The lowest BCUT2D eigenvalue weighted by molar-refractivity contribution is 0.0987. The summed E-state index contributed by atoms with van der Waals surface area (Å²) in [6.07, 6.45) is 3.42. The molecular formula is C27H26N6O2. The molecule has 0 radical (unpaired) electrons. The molecule has 8 nitrogen and oxygen atoms in total. The van der Waals surface area contributed by atoms with Crippen molar-refractivity contribution in [1.82, 2.24) is 19.7 Å². The van der Waals surface area contributed by atoms with Gasteiger partial charge in [0.1, 0.15) is 12.1 Å². The Kier molecular flexibility index (Phi) is 5.86. The molecular weight excluding hydrogens is 440 g/mol. The first-order valence-electron chi connectivity index (χ1n) is 11.6. The van der Waals surface area contributed by atoms with Crippen LogP contribution in [0.3, 0.4) is 0 Å². The zero-order valence-corrected chi connectivity index (χ0v) is 19.8. The normalized spacial score (nSPS) is 14.7. The Balaban J connectivity index is 1.51. The molecule has 1 atom stereocenters. The highest BCUT2D eigenvalue weighted by Gasteiger charge is 2.36. The lowest BCUT2D eigenvalue weighted by atomic mass is 9.98. The largest absolute Gasteiger partial charge is 0.307 e. The summed E-state index contributed by atoms with van der Waals surface area (Å²) in [6, 6.07) is 18.4. The summed E-state index contributed by atoms with van der Waals surface area (Å²) in [4.78, 5) is 36.9. The van der Waals surface area contributed by atoms with Crippen LogP contribution >= 0.6 is 0 Å². The van der Waals surface area contributed by atoms with Crippen molar-refractivity contribution in [2.24, 2.45) is 0 Å². The van der Waals surface area contributed by atoms with Crippen molar-refractivity contribution in [2.75, 3.05) is 16.8 Å². The first kappa shape index (κ1) is 22.5. The van der Waals surface area contributed by atoms with Crippen molar-refractivity contribution < 1.29 is 9.59 Å². The Labute approximate surface area is 203 Å². The van der Waals surface area contributed by atoms with Crippen LogP contribution in [-0.4, -0.2) is 38.1 Å². The van der Waals surface area contributed by atoms with Crippen molar-refractivity contribution >= 4 is 23.3 Å². The Morgan fingerprint density at radius 1 is 1.00 bits per heavy atom. The lowest BCUT2D eigenvalue weighted by Crippen LogP contribution is -2.30. The lowest BCUT2D eigenvalue weighted by Gasteiger charge is -2.18. The third-order valence-corrected chi connectivity index (χ3v) is 6.11. The highest BCUT2D eigenvalue weighted by molar-refractivity contribution is 6.09. The van der Waals surface area contributed by atoms with Crippen LogP contribution in [0.25, 0.3) is 0 Å². The van der Waals surface area contributed by atoms with Gasteiger partial charge >= 0.3 is 0 Å². The third-order valence-electron chi connectivity index (χ3n) is 6.11. The minimum absolute atomic E-state index is 0.0984. The molecule has 0 saturated carbocycles. The van der Waals surface area contributed by atoms with Gasteiger partial charge in [0.25, 0.3) is 11.8 Å². The summed E-state index contributed by atoms with van der Waals surface area (Å²) in [5, 5.41) is 7.51. The van der Waals surface area contributed by atoms with Gasteiger partial charge in [0.2, 0.25) is 0 Å². The van der Waals surface area contributed by atoms with Crippen molar-refractivity contribution in [2.45, 2.75) is 32.7 Å². The highest BCUT2D eigenvalue weighted by atomic mass is 16.2. The van der Waals surface area contributed by atoms with E-state index >= 15 is 0 Å². The van der Waals surface area contributed by atoms with Gasteiger partial charge in [-0.1, -0.05) is 24.3 Å². The summed E-state index contributed by atoms with van der Waals surface area (Å²) >= 11 is 0. The zero-order chi connectivity index (χ0) is 24.5. The van der Waals surface area contributed by atoms with E-state index in [0.717, 1.165) is 16.8 Å². The minimum atomic E-state index is -0.267. The molecule has 0 spiro atoms. The number of aryl methyl sites for hydroxylation is 1. The number of carbonyl (C=O) groups excluding carboxylic acids is 2. The molecule has 3 heterocycles. The van der Waals surface area contributed by atoms with Crippen LogP contribution in [0.4, 0.5) is 11.5 Å². The average molecular weight is 467 g/mol. The maximum Gasteiger partial charge on any atom is 0.258 e. The summed E-state index contributed by atoms with van der Waals surface area (Å²) in [5.74, 6) is 0.495. The number of aromatic nitrogens is 4. The molecule has 2 aromatic heterocycles. The average Bonchev–Trinajstić information content (AvgIpc) is 3.50. The van der Waals surface area contributed by atoms with E-state index in [0.29, 0.717) is 29.3 Å². The Morgan fingerprint density at radius 2 is 1.80 bits per heavy atom. The maximum atomic E-state index is 13.4. The van der Waals surface area contributed by atoms with Gasteiger partial charge in [0.05, 0.1) is 5.92 Å². The summed E-state index contributed by atoms with van der Waals surface area (Å²) in [5.41, 5.74) is 3.70. The quantitative estimate of drug-likeness (QED) is 0.464. The fourth-order valence-electron chi connectivity index (χ4n) is 4.18. The number of rotatable bonds is 5. The first-order valence-corrected chi connectivity index (χ1v) is 11.6. The number of nitrogens with zero attached hydrogens (tertiary/aromatic N) is 5. The second-order valence-corrected chi connectivity index (χ2v) is 8.96. The van der Waals surface area contributed by atoms with Crippen LogP contribution in [0.2, 0.25) is 0 Å². The molecule has 2 aromatic carbocycles. The molecule has 0 aliphatic carbocycles. The van der Waals surface area contributed by atoms with Crippen molar-refractivity contribution in [3.8, 4) is 0 Å². The fraction of sp³-hybridized carbons (Fsp3) is 0.222. The summed E-state index contributed by atoms with van der Waals surface area (Å²) in [6.45, 7) is 6.41. The van der Waals surface area contributed by atoms with Gasteiger partial charge < -0.3 is 10.2 Å². The molecule has 0 bridgehead atoms. The van der Waals surface area contributed by atoms with Gasteiger partial charge in [0.15, 0.2) is 5.82 Å². The van der Waals surface area contributed by atoms with E-state index in [1.165, 1.54) is 0 Å². The zero-order valence-electron chi connectivity index (χ0n) is 19.8. The van der Waals surface area contributed by atoms with Crippen molar-refractivity contribution in [3.63, 3.8) is 0 Å². The number of amides is 2. The van der Waals surface area contributed by atoms with Crippen molar-refractivity contribution in [1.29, 1.82) is 0 Å². The Hall–Kier alpha value is -4.33. The SMILES string of the molecule is Cc1ccc(NC(=O)c2ccc3c(c2)[C@H](c2ncn(C(C)C)n2)CN3C(=O)c2ccccc2)nc1. The van der Waals surface area contributed by atoms with E-state index in [1.807, 2.05) is 57.2 Å². The second-order valence-electron chi connectivity index (χ2n) is 8.96.